The van der Waals surface area contributed by atoms with E-state index in [1.807, 2.05) is 13.0 Å². The predicted molar refractivity (Wildman–Crippen MR) is 124 cm³/mol. The molecule has 0 bridgehead atoms. The van der Waals surface area contributed by atoms with Crippen LogP contribution in [-0.2, 0) is 11.3 Å². The third-order valence-corrected chi connectivity index (χ3v) is 6.31. The molecule has 2 aromatic carbocycles. The van der Waals surface area contributed by atoms with Crippen LogP contribution in [-0.4, -0.2) is 29.8 Å². The molecular weight excluding hydrogens is 544 g/mol. The first-order valence-electron chi connectivity index (χ1n) is 9.04. The molecule has 0 spiro atoms. The van der Waals surface area contributed by atoms with Gasteiger partial charge in [-0.2, -0.15) is 0 Å². The third-order valence-electron chi connectivity index (χ3n) is 4.25. The Morgan fingerprint density at radius 2 is 2.07 bits per heavy atom. The van der Waals surface area contributed by atoms with Crippen LogP contribution in [0.15, 0.2) is 35.2 Å². The lowest BCUT2D eigenvalue weighted by atomic mass is 10.1. The standard InChI is InChI=1S/C21H18ClFINO4S/c1-3-7-29-19-16(24)8-12(9-17(19)28-2)10-18-20(26)25(21(27)30-18)11-13-14(22)5-4-6-15(13)23/h4-6,8-10H,3,7,11H2,1-2H3/b18-10-. The van der Waals surface area contributed by atoms with E-state index >= 15 is 0 Å². The number of rotatable bonds is 7. The first-order chi connectivity index (χ1) is 14.3. The summed E-state index contributed by atoms with van der Waals surface area (Å²) in [6.07, 6.45) is 2.47. The largest absolute Gasteiger partial charge is 0.493 e. The summed E-state index contributed by atoms with van der Waals surface area (Å²) in [5.74, 6) is 0.121. The van der Waals surface area contributed by atoms with Gasteiger partial charge in [0.05, 0.1) is 28.7 Å². The average Bonchev–Trinajstić information content (AvgIpc) is 2.96. The first-order valence-corrected chi connectivity index (χ1v) is 11.3. The fourth-order valence-corrected chi connectivity index (χ4v) is 4.64. The molecular formula is C21H18ClFINO4S. The summed E-state index contributed by atoms with van der Waals surface area (Å²) in [6, 6.07) is 7.82. The molecule has 1 aliphatic rings. The molecule has 1 saturated heterocycles. The molecule has 0 atom stereocenters. The normalized spacial score (nSPS) is 15.2. The van der Waals surface area contributed by atoms with Crippen molar-refractivity contribution in [1.82, 2.24) is 4.90 Å². The molecule has 1 heterocycles. The Bertz CT molecular complexity index is 1010. The number of amides is 2. The zero-order chi connectivity index (χ0) is 21.8. The summed E-state index contributed by atoms with van der Waals surface area (Å²) < 4.78 is 26.1. The highest BCUT2D eigenvalue weighted by atomic mass is 127. The lowest BCUT2D eigenvalue weighted by Crippen LogP contribution is -2.28. The molecule has 5 nitrogen and oxygen atoms in total. The summed E-state index contributed by atoms with van der Waals surface area (Å²) >= 11 is 8.97. The molecule has 2 amide bonds. The highest BCUT2D eigenvalue weighted by Gasteiger charge is 2.36. The van der Waals surface area contributed by atoms with Crippen molar-refractivity contribution in [2.24, 2.45) is 0 Å². The van der Waals surface area contributed by atoms with E-state index < -0.39 is 17.0 Å². The SMILES string of the molecule is CCCOc1c(I)cc(/C=C2\SC(=O)N(Cc3c(F)cccc3Cl)C2=O)cc1OC. The quantitative estimate of drug-likeness (QED) is 0.301. The van der Waals surface area contributed by atoms with Crippen LogP contribution in [0.4, 0.5) is 9.18 Å². The number of imide groups is 1. The van der Waals surface area contributed by atoms with Crippen LogP contribution in [0.1, 0.15) is 24.5 Å². The Hall–Kier alpha value is -1.78. The van der Waals surface area contributed by atoms with Crippen LogP contribution in [0.5, 0.6) is 11.5 Å². The minimum atomic E-state index is -0.563. The van der Waals surface area contributed by atoms with E-state index in [4.69, 9.17) is 21.1 Å². The van der Waals surface area contributed by atoms with E-state index in [0.717, 1.165) is 26.7 Å². The van der Waals surface area contributed by atoms with Gasteiger partial charge in [0.2, 0.25) is 0 Å². The van der Waals surface area contributed by atoms with Crippen molar-refractivity contribution in [3.05, 3.63) is 60.8 Å². The molecule has 0 aromatic heterocycles. The summed E-state index contributed by atoms with van der Waals surface area (Å²) in [4.78, 5) is 26.4. The molecule has 1 aliphatic heterocycles. The van der Waals surface area contributed by atoms with Gasteiger partial charge >= 0.3 is 0 Å². The maximum atomic E-state index is 14.1. The van der Waals surface area contributed by atoms with Crippen LogP contribution in [0.2, 0.25) is 5.02 Å². The van der Waals surface area contributed by atoms with E-state index in [1.165, 1.54) is 18.2 Å². The van der Waals surface area contributed by atoms with E-state index in [0.29, 0.717) is 23.7 Å². The molecule has 30 heavy (non-hydrogen) atoms. The second-order valence-corrected chi connectivity index (χ2v) is 8.91. The van der Waals surface area contributed by atoms with Crippen LogP contribution in [0.25, 0.3) is 6.08 Å². The molecule has 3 rings (SSSR count). The molecule has 0 N–H and O–H groups in total. The monoisotopic (exact) mass is 561 g/mol. The van der Waals surface area contributed by atoms with E-state index in [9.17, 15) is 14.0 Å². The van der Waals surface area contributed by atoms with Crippen molar-refractivity contribution in [3.63, 3.8) is 0 Å². The number of thioether (sulfide) groups is 1. The topological polar surface area (TPSA) is 55.8 Å². The Morgan fingerprint density at radius 3 is 2.73 bits per heavy atom. The number of hydrogen-bond donors (Lipinski definition) is 0. The molecule has 2 aromatic rings. The Balaban J connectivity index is 1.87. The third kappa shape index (κ3) is 4.92. The van der Waals surface area contributed by atoms with Crippen molar-refractivity contribution in [2.45, 2.75) is 19.9 Å². The molecule has 0 saturated carbocycles. The van der Waals surface area contributed by atoms with Gasteiger partial charge in [0, 0.05) is 10.6 Å². The highest BCUT2D eigenvalue weighted by Crippen LogP contribution is 2.38. The molecule has 1 fully saturated rings. The average molecular weight is 562 g/mol. The Labute approximate surface area is 196 Å². The van der Waals surface area contributed by atoms with Crippen LogP contribution >= 0.6 is 46.0 Å². The summed E-state index contributed by atoms with van der Waals surface area (Å²) in [7, 11) is 1.54. The first kappa shape index (κ1) is 22.9. The van der Waals surface area contributed by atoms with E-state index in [1.54, 1.807) is 19.3 Å². The van der Waals surface area contributed by atoms with Gasteiger partial charge in [0.25, 0.3) is 11.1 Å². The van der Waals surface area contributed by atoms with Crippen molar-refractivity contribution in [3.8, 4) is 11.5 Å². The number of benzene rings is 2. The minimum Gasteiger partial charge on any atom is -0.493 e. The second-order valence-electron chi connectivity index (χ2n) is 6.35. The number of ether oxygens (including phenoxy) is 2. The highest BCUT2D eigenvalue weighted by molar-refractivity contribution is 14.1. The van der Waals surface area contributed by atoms with Gasteiger partial charge in [0.15, 0.2) is 11.5 Å². The molecule has 0 aliphatic carbocycles. The van der Waals surface area contributed by atoms with Crippen molar-refractivity contribution < 1.29 is 23.5 Å². The Morgan fingerprint density at radius 1 is 1.30 bits per heavy atom. The van der Waals surface area contributed by atoms with Crippen LogP contribution < -0.4 is 9.47 Å². The minimum absolute atomic E-state index is 0.108. The van der Waals surface area contributed by atoms with Crippen LogP contribution in [0.3, 0.4) is 0 Å². The lowest BCUT2D eigenvalue weighted by Gasteiger charge is -2.14. The van der Waals surface area contributed by atoms with Gasteiger partial charge in [-0.1, -0.05) is 24.6 Å². The second kappa shape index (κ2) is 10.0. The lowest BCUT2D eigenvalue weighted by molar-refractivity contribution is -0.123. The number of halogens is 3. The number of carbonyl (C=O) groups excluding carboxylic acids is 2. The van der Waals surface area contributed by atoms with Crippen LogP contribution in [0, 0.1) is 9.39 Å². The zero-order valence-corrected chi connectivity index (χ0v) is 19.9. The summed E-state index contributed by atoms with van der Waals surface area (Å²) in [6.45, 7) is 2.35. The fraction of sp³-hybridized carbons (Fsp3) is 0.238. The van der Waals surface area contributed by atoms with Gasteiger partial charge in [-0.3, -0.25) is 14.5 Å². The van der Waals surface area contributed by atoms with E-state index in [2.05, 4.69) is 22.6 Å². The number of nitrogens with zero attached hydrogens (tertiary/aromatic N) is 1. The molecule has 9 heteroatoms. The Kier molecular flexibility index (Phi) is 7.65. The maximum absolute atomic E-state index is 14.1. The van der Waals surface area contributed by atoms with E-state index in [-0.39, 0.29) is 22.0 Å². The van der Waals surface area contributed by atoms with Crippen molar-refractivity contribution in [1.29, 1.82) is 0 Å². The molecule has 158 valence electrons. The summed E-state index contributed by atoms with van der Waals surface area (Å²) in [5.41, 5.74) is 0.797. The number of methoxy groups -OCH3 is 1. The van der Waals surface area contributed by atoms with Gasteiger partial charge < -0.3 is 9.47 Å². The fourth-order valence-electron chi connectivity index (χ4n) is 2.80. The van der Waals surface area contributed by atoms with Gasteiger partial charge in [-0.25, -0.2) is 4.39 Å². The smallest absolute Gasteiger partial charge is 0.293 e. The zero-order valence-electron chi connectivity index (χ0n) is 16.2. The van der Waals surface area contributed by atoms with Gasteiger partial charge in [0.1, 0.15) is 5.82 Å². The predicted octanol–water partition coefficient (Wildman–Crippen LogP) is 6.12. The summed E-state index contributed by atoms with van der Waals surface area (Å²) in [5, 5.41) is -0.310. The van der Waals surface area contributed by atoms with Crippen molar-refractivity contribution in [2.75, 3.05) is 13.7 Å². The maximum Gasteiger partial charge on any atom is 0.293 e. The van der Waals surface area contributed by atoms with Gasteiger partial charge in [-0.15, -0.1) is 0 Å². The van der Waals surface area contributed by atoms with Crippen molar-refractivity contribution >= 4 is 63.2 Å². The molecule has 0 radical (unpaired) electrons. The number of hydrogen-bond acceptors (Lipinski definition) is 5. The molecule has 0 unspecified atom stereocenters. The van der Waals surface area contributed by atoms with Gasteiger partial charge in [-0.05, 0) is 76.7 Å². The number of carbonyl (C=O) groups is 2.